The van der Waals surface area contributed by atoms with E-state index >= 15 is 0 Å². The Balaban J connectivity index is 1.69. The lowest BCUT2D eigenvalue weighted by atomic mass is 9.95. The first-order chi connectivity index (χ1) is 12.2. The number of rotatable bonds is 7. The molecule has 134 valence electrons. The van der Waals surface area contributed by atoms with Crippen LogP contribution in [0.4, 0.5) is 5.69 Å². The minimum Gasteiger partial charge on any atom is -0.493 e. The first kappa shape index (κ1) is 17.8. The molecule has 1 heterocycles. The SMILES string of the molecule is CNc1cccc(-c2cccc(OCCCN3CCCC3)c2C)c1C. The molecule has 0 aromatic heterocycles. The Morgan fingerprint density at radius 1 is 0.960 bits per heavy atom. The fourth-order valence-electron chi connectivity index (χ4n) is 3.74. The highest BCUT2D eigenvalue weighted by Crippen LogP contribution is 2.34. The van der Waals surface area contributed by atoms with Gasteiger partial charge in [-0.1, -0.05) is 24.3 Å². The number of hydrogen-bond acceptors (Lipinski definition) is 3. The fourth-order valence-corrected chi connectivity index (χ4v) is 3.74. The molecule has 0 saturated carbocycles. The molecule has 3 heteroatoms. The molecule has 2 aromatic carbocycles. The molecule has 3 nitrogen and oxygen atoms in total. The van der Waals surface area contributed by atoms with Crippen LogP contribution in [0.2, 0.25) is 0 Å². The van der Waals surface area contributed by atoms with Crippen molar-refractivity contribution in [2.24, 2.45) is 0 Å². The molecule has 0 radical (unpaired) electrons. The van der Waals surface area contributed by atoms with Crippen LogP contribution in [0.1, 0.15) is 30.4 Å². The third-order valence-corrected chi connectivity index (χ3v) is 5.25. The van der Waals surface area contributed by atoms with Crippen molar-refractivity contribution < 1.29 is 4.74 Å². The highest BCUT2D eigenvalue weighted by molar-refractivity contribution is 5.77. The quantitative estimate of drug-likeness (QED) is 0.728. The van der Waals surface area contributed by atoms with Gasteiger partial charge >= 0.3 is 0 Å². The van der Waals surface area contributed by atoms with Crippen molar-refractivity contribution in [2.75, 3.05) is 38.6 Å². The van der Waals surface area contributed by atoms with Crippen molar-refractivity contribution >= 4 is 5.69 Å². The molecule has 1 aliphatic heterocycles. The maximum atomic E-state index is 6.11. The van der Waals surface area contributed by atoms with Crippen LogP contribution in [0.25, 0.3) is 11.1 Å². The molecule has 0 amide bonds. The number of ether oxygens (including phenoxy) is 1. The van der Waals surface area contributed by atoms with Crippen LogP contribution in [0, 0.1) is 13.8 Å². The number of benzene rings is 2. The van der Waals surface area contributed by atoms with Crippen molar-refractivity contribution in [1.82, 2.24) is 4.90 Å². The maximum absolute atomic E-state index is 6.11. The molecule has 2 aromatic rings. The van der Waals surface area contributed by atoms with Crippen LogP contribution in [-0.4, -0.2) is 38.2 Å². The molecule has 1 aliphatic rings. The average Bonchev–Trinajstić information content (AvgIpc) is 3.14. The zero-order valence-corrected chi connectivity index (χ0v) is 15.8. The van der Waals surface area contributed by atoms with E-state index < -0.39 is 0 Å². The zero-order valence-electron chi connectivity index (χ0n) is 15.8. The summed E-state index contributed by atoms with van der Waals surface area (Å²) in [6.45, 7) is 8.80. The van der Waals surface area contributed by atoms with Gasteiger partial charge in [0.25, 0.3) is 0 Å². The molecule has 3 rings (SSSR count). The van der Waals surface area contributed by atoms with Crippen LogP contribution < -0.4 is 10.1 Å². The Bertz CT molecular complexity index is 705. The van der Waals surface area contributed by atoms with Gasteiger partial charge in [0.1, 0.15) is 5.75 Å². The van der Waals surface area contributed by atoms with E-state index in [4.69, 9.17) is 4.74 Å². The van der Waals surface area contributed by atoms with Gasteiger partial charge in [-0.15, -0.1) is 0 Å². The van der Waals surface area contributed by atoms with Gasteiger partial charge in [-0.25, -0.2) is 0 Å². The molecule has 1 N–H and O–H groups in total. The molecular weight excluding hydrogens is 308 g/mol. The van der Waals surface area contributed by atoms with Crippen LogP contribution in [0.5, 0.6) is 5.75 Å². The number of likely N-dealkylation sites (tertiary alicyclic amines) is 1. The van der Waals surface area contributed by atoms with Crippen LogP contribution in [0.15, 0.2) is 36.4 Å². The maximum Gasteiger partial charge on any atom is 0.122 e. The molecule has 0 bridgehead atoms. The van der Waals surface area contributed by atoms with E-state index in [-0.39, 0.29) is 0 Å². The monoisotopic (exact) mass is 338 g/mol. The Labute approximate surface area is 152 Å². The normalized spacial score (nSPS) is 14.7. The number of nitrogens with one attached hydrogen (secondary N) is 1. The summed E-state index contributed by atoms with van der Waals surface area (Å²) < 4.78 is 6.11. The minimum absolute atomic E-state index is 0.788. The number of nitrogens with zero attached hydrogens (tertiary/aromatic N) is 1. The van der Waals surface area contributed by atoms with Crippen LogP contribution in [-0.2, 0) is 0 Å². The van der Waals surface area contributed by atoms with Crippen molar-refractivity contribution in [3.8, 4) is 16.9 Å². The minimum atomic E-state index is 0.788. The molecule has 1 saturated heterocycles. The molecule has 0 spiro atoms. The fraction of sp³-hybridized carbons (Fsp3) is 0.455. The highest BCUT2D eigenvalue weighted by Gasteiger charge is 2.12. The average molecular weight is 338 g/mol. The van der Waals surface area contributed by atoms with Crippen molar-refractivity contribution in [3.63, 3.8) is 0 Å². The smallest absolute Gasteiger partial charge is 0.122 e. The molecule has 0 unspecified atom stereocenters. The molecule has 0 aliphatic carbocycles. The summed E-state index contributed by atoms with van der Waals surface area (Å²) in [4.78, 5) is 2.54. The third-order valence-electron chi connectivity index (χ3n) is 5.25. The topological polar surface area (TPSA) is 24.5 Å². The van der Waals surface area contributed by atoms with Gasteiger partial charge in [-0.3, -0.25) is 0 Å². The lowest BCUT2D eigenvalue weighted by Gasteiger charge is -2.17. The summed E-state index contributed by atoms with van der Waals surface area (Å²) in [5.74, 6) is 1.01. The molecule has 1 fully saturated rings. The summed E-state index contributed by atoms with van der Waals surface area (Å²) in [5, 5.41) is 3.27. The van der Waals surface area contributed by atoms with E-state index in [1.807, 2.05) is 7.05 Å². The molecular formula is C22H30N2O. The van der Waals surface area contributed by atoms with Gasteiger partial charge in [-0.2, -0.15) is 0 Å². The Kier molecular flexibility index (Phi) is 5.98. The first-order valence-corrected chi connectivity index (χ1v) is 9.43. The number of hydrogen-bond donors (Lipinski definition) is 1. The van der Waals surface area contributed by atoms with Crippen molar-refractivity contribution in [3.05, 3.63) is 47.5 Å². The number of anilines is 1. The highest BCUT2D eigenvalue weighted by atomic mass is 16.5. The zero-order chi connectivity index (χ0) is 17.6. The second-order valence-corrected chi connectivity index (χ2v) is 6.91. The van der Waals surface area contributed by atoms with Gasteiger partial charge in [0.05, 0.1) is 6.61 Å². The van der Waals surface area contributed by atoms with E-state index in [2.05, 4.69) is 60.5 Å². The van der Waals surface area contributed by atoms with E-state index in [1.165, 1.54) is 53.9 Å². The van der Waals surface area contributed by atoms with E-state index in [0.717, 1.165) is 25.3 Å². The van der Waals surface area contributed by atoms with E-state index in [9.17, 15) is 0 Å². The lowest BCUT2D eigenvalue weighted by molar-refractivity contribution is 0.262. The van der Waals surface area contributed by atoms with Crippen molar-refractivity contribution in [1.29, 1.82) is 0 Å². The summed E-state index contributed by atoms with van der Waals surface area (Å²) in [6.07, 6.45) is 3.80. The van der Waals surface area contributed by atoms with Crippen LogP contribution in [0.3, 0.4) is 0 Å². The molecule has 0 atom stereocenters. The predicted octanol–water partition coefficient (Wildman–Crippen LogP) is 4.88. The summed E-state index contributed by atoms with van der Waals surface area (Å²) in [5.41, 5.74) is 6.20. The molecule has 25 heavy (non-hydrogen) atoms. The second-order valence-electron chi connectivity index (χ2n) is 6.91. The van der Waals surface area contributed by atoms with Gasteiger partial charge < -0.3 is 15.0 Å². The van der Waals surface area contributed by atoms with Gasteiger partial charge in [0.2, 0.25) is 0 Å². The Morgan fingerprint density at radius 3 is 2.36 bits per heavy atom. The van der Waals surface area contributed by atoms with Crippen LogP contribution >= 0.6 is 0 Å². The summed E-state index contributed by atoms with van der Waals surface area (Å²) >= 11 is 0. The predicted molar refractivity (Wildman–Crippen MR) is 107 cm³/mol. The summed E-state index contributed by atoms with van der Waals surface area (Å²) in [7, 11) is 1.97. The summed E-state index contributed by atoms with van der Waals surface area (Å²) in [6, 6.07) is 12.8. The standard InChI is InChI=1S/C22H30N2O/c1-17-19(9-6-11-21(17)23-3)20-10-7-12-22(18(20)2)25-16-8-15-24-13-4-5-14-24/h6-7,9-12,23H,4-5,8,13-16H2,1-3H3. The van der Waals surface area contributed by atoms with Gasteiger partial charge in [0.15, 0.2) is 0 Å². The van der Waals surface area contributed by atoms with Crippen molar-refractivity contribution in [2.45, 2.75) is 33.1 Å². The Hall–Kier alpha value is -2.00. The van der Waals surface area contributed by atoms with E-state index in [1.54, 1.807) is 0 Å². The van der Waals surface area contributed by atoms with Gasteiger partial charge in [0, 0.05) is 19.3 Å². The third kappa shape index (κ3) is 4.16. The van der Waals surface area contributed by atoms with Gasteiger partial charge in [-0.05, 0) is 80.6 Å². The lowest BCUT2D eigenvalue weighted by Crippen LogP contribution is -2.22. The first-order valence-electron chi connectivity index (χ1n) is 9.43. The second kappa shape index (κ2) is 8.39. The largest absolute Gasteiger partial charge is 0.493 e. The van der Waals surface area contributed by atoms with E-state index in [0.29, 0.717) is 0 Å². The Morgan fingerprint density at radius 2 is 1.64 bits per heavy atom.